The second-order valence-electron chi connectivity index (χ2n) is 6.17. The largest absolute Gasteiger partial charge is 0.355 e. The maximum Gasteiger partial charge on any atom is 0.233 e. The van der Waals surface area contributed by atoms with E-state index in [-0.39, 0.29) is 5.91 Å². The highest BCUT2D eigenvalue weighted by atomic mass is 16.1. The molecular formula is C16H33N3O. The molecule has 118 valence electrons. The Morgan fingerprint density at radius 2 is 2.00 bits per heavy atom. The Labute approximate surface area is 124 Å². The lowest BCUT2D eigenvalue weighted by Gasteiger charge is -2.31. The highest BCUT2D eigenvalue weighted by Gasteiger charge is 2.17. The van der Waals surface area contributed by atoms with Gasteiger partial charge in [-0.25, -0.2) is 0 Å². The predicted octanol–water partition coefficient (Wildman–Crippen LogP) is 2.15. The van der Waals surface area contributed by atoms with Crippen LogP contribution < -0.4 is 10.6 Å². The van der Waals surface area contributed by atoms with Gasteiger partial charge in [0, 0.05) is 18.6 Å². The van der Waals surface area contributed by atoms with E-state index in [9.17, 15) is 4.79 Å². The summed E-state index contributed by atoms with van der Waals surface area (Å²) in [7, 11) is 2.22. The van der Waals surface area contributed by atoms with Crippen molar-refractivity contribution in [2.45, 2.75) is 70.9 Å². The Bertz CT molecular complexity index is 264. The molecule has 1 aliphatic rings. The molecule has 1 rings (SSSR count). The maximum atomic E-state index is 11.6. The summed E-state index contributed by atoms with van der Waals surface area (Å²) >= 11 is 0. The van der Waals surface area contributed by atoms with Crippen LogP contribution in [0.3, 0.4) is 0 Å². The molecule has 2 N–H and O–H groups in total. The molecule has 0 aromatic rings. The first-order valence-corrected chi connectivity index (χ1v) is 8.33. The second-order valence-corrected chi connectivity index (χ2v) is 6.17. The zero-order chi connectivity index (χ0) is 14.8. The van der Waals surface area contributed by atoms with Crippen molar-refractivity contribution < 1.29 is 4.79 Å². The van der Waals surface area contributed by atoms with Crippen molar-refractivity contribution in [1.29, 1.82) is 0 Å². The van der Waals surface area contributed by atoms with Crippen LogP contribution in [0.5, 0.6) is 0 Å². The Morgan fingerprint density at radius 1 is 1.30 bits per heavy atom. The van der Waals surface area contributed by atoms with Gasteiger partial charge in [-0.2, -0.15) is 0 Å². The number of amides is 1. The summed E-state index contributed by atoms with van der Waals surface area (Å²) in [6.07, 6.45) is 8.97. The van der Waals surface area contributed by atoms with Crippen molar-refractivity contribution in [3.8, 4) is 0 Å². The topological polar surface area (TPSA) is 44.4 Å². The molecule has 0 saturated heterocycles. The van der Waals surface area contributed by atoms with E-state index in [4.69, 9.17) is 0 Å². The molecule has 20 heavy (non-hydrogen) atoms. The minimum atomic E-state index is 0.116. The van der Waals surface area contributed by atoms with Gasteiger partial charge in [-0.05, 0) is 46.2 Å². The van der Waals surface area contributed by atoms with Gasteiger partial charge in [0.05, 0.1) is 6.54 Å². The van der Waals surface area contributed by atoms with E-state index >= 15 is 0 Å². The molecule has 0 radical (unpaired) electrons. The van der Waals surface area contributed by atoms with E-state index in [1.807, 2.05) is 0 Å². The van der Waals surface area contributed by atoms with E-state index in [1.165, 1.54) is 32.1 Å². The summed E-state index contributed by atoms with van der Waals surface area (Å²) in [5.41, 5.74) is 0. The molecule has 1 fully saturated rings. The van der Waals surface area contributed by atoms with E-state index in [0.29, 0.717) is 12.6 Å². The summed E-state index contributed by atoms with van der Waals surface area (Å²) in [5, 5.41) is 6.20. The second kappa shape index (κ2) is 10.2. The minimum absolute atomic E-state index is 0.116. The van der Waals surface area contributed by atoms with Crippen LogP contribution in [0.25, 0.3) is 0 Å². The molecule has 0 heterocycles. The van der Waals surface area contributed by atoms with Crippen molar-refractivity contribution in [2.24, 2.45) is 0 Å². The van der Waals surface area contributed by atoms with Crippen LogP contribution in [0.2, 0.25) is 0 Å². The van der Waals surface area contributed by atoms with Crippen LogP contribution in [0.15, 0.2) is 0 Å². The quantitative estimate of drug-likeness (QED) is 0.637. The third-order valence-electron chi connectivity index (χ3n) is 4.43. The molecule has 0 aliphatic heterocycles. The van der Waals surface area contributed by atoms with Crippen LogP contribution in [-0.2, 0) is 4.79 Å². The van der Waals surface area contributed by atoms with Gasteiger partial charge < -0.3 is 15.5 Å². The summed E-state index contributed by atoms with van der Waals surface area (Å²) in [5.74, 6) is 0.116. The highest BCUT2D eigenvalue weighted by molar-refractivity contribution is 5.77. The number of carbonyl (C=O) groups excluding carboxylic acids is 1. The van der Waals surface area contributed by atoms with E-state index in [1.54, 1.807) is 0 Å². The molecule has 4 heteroatoms. The minimum Gasteiger partial charge on any atom is -0.355 e. The summed E-state index contributed by atoms with van der Waals surface area (Å²) in [4.78, 5) is 14.1. The average Bonchev–Trinajstić information content (AvgIpc) is 2.49. The first kappa shape index (κ1) is 17.4. The zero-order valence-electron chi connectivity index (χ0n) is 13.6. The summed E-state index contributed by atoms with van der Waals surface area (Å²) < 4.78 is 0. The Balaban J connectivity index is 2.01. The lowest BCUT2D eigenvalue weighted by atomic mass is 9.94. The van der Waals surface area contributed by atoms with Crippen LogP contribution in [0.4, 0.5) is 0 Å². The number of carbonyl (C=O) groups is 1. The van der Waals surface area contributed by atoms with Crippen molar-refractivity contribution in [3.05, 3.63) is 0 Å². The molecular weight excluding hydrogens is 250 g/mol. The third-order valence-corrected chi connectivity index (χ3v) is 4.43. The van der Waals surface area contributed by atoms with E-state index < -0.39 is 0 Å². The summed E-state index contributed by atoms with van der Waals surface area (Å²) in [6.45, 7) is 6.54. The lowest BCUT2D eigenvalue weighted by molar-refractivity contribution is -0.120. The first-order chi connectivity index (χ1) is 9.63. The molecule has 0 bridgehead atoms. The molecule has 1 unspecified atom stereocenters. The van der Waals surface area contributed by atoms with Gasteiger partial charge in [0.2, 0.25) is 5.91 Å². The number of hydrogen-bond donors (Lipinski definition) is 2. The number of nitrogens with one attached hydrogen (secondary N) is 2. The van der Waals surface area contributed by atoms with Crippen molar-refractivity contribution in [2.75, 3.05) is 26.7 Å². The number of hydrogen-bond acceptors (Lipinski definition) is 3. The monoisotopic (exact) mass is 283 g/mol. The Morgan fingerprint density at radius 3 is 2.65 bits per heavy atom. The molecule has 0 aromatic heterocycles. The molecule has 0 aromatic carbocycles. The summed E-state index contributed by atoms with van der Waals surface area (Å²) in [6, 6.07) is 1.18. The van der Waals surface area contributed by atoms with Gasteiger partial charge in [0.15, 0.2) is 0 Å². The first-order valence-electron chi connectivity index (χ1n) is 8.33. The van der Waals surface area contributed by atoms with Gasteiger partial charge >= 0.3 is 0 Å². The fourth-order valence-electron chi connectivity index (χ4n) is 2.73. The van der Waals surface area contributed by atoms with Gasteiger partial charge in [-0.1, -0.05) is 26.2 Å². The van der Waals surface area contributed by atoms with Crippen LogP contribution in [-0.4, -0.2) is 49.6 Å². The molecule has 1 amide bonds. The third kappa shape index (κ3) is 7.25. The fraction of sp³-hybridized carbons (Fsp3) is 0.938. The standard InChI is InChI=1S/C16H33N3O/c1-4-14(2)18-13-16(20)17-11-8-12-19(3)15-9-6-5-7-10-15/h14-15,18H,4-13H2,1-3H3,(H,17,20). The maximum absolute atomic E-state index is 11.6. The Kier molecular flexibility index (Phi) is 8.86. The smallest absolute Gasteiger partial charge is 0.233 e. The number of rotatable bonds is 9. The van der Waals surface area contributed by atoms with Crippen LogP contribution in [0, 0.1) is 0 Å². The van der Waals surface area contributed by atoms with Crippen molar-refractivity contribution in [3.63, 3.8) is 0 Å². The van der Waals surface area contributed by atoms with Crippen molar-refractivity contribution in [1.82, 2.24) is 15.5 Å². The van der Waals surface area contributed by atoms with Crippen LogP contribution in [0.1, 0.15) is 58.8 Å². The van der Waals surface area contributed by atoms with Gasteiger partial charge in [0.1, 0.15) is 0 Å². The van der Waals surface area contributed by atoms with Crippen LogP contribution >= 0.6 is 0 Å². The highest BCUT2D eigenvalue weighted by Crippen LogP contribution is 2.21. The molecule has 1 saturated carbocycles. The molecule has 0 spiro atoms. The average molecular weight is 283 g/mol. The normalized spacial score (nSPS) is 18.2. The fourth-order valence-corrected chi connectivity index (χ4v) is 2.73. The SMILES string of the molecule is CCC(C)NCC(=O)NCCCN(C)C1CCCCC1. The molecule has 4 nitrogen and oxygen atoms in total. The number of nitrogens with zero attached hydrogens (tertiary/aromatic N) is 1. The van der Waals surface area contributed by atoms with Gasteiger partial charge in [-0.15, -0.1) is 0 Å². The molecule has 1 aliphatic carbocycles. The lowest BCUT2D eigenvalue weighted by Crippen LogP contribution is -2.39. The van der Waals surface area contributed by atoms with E-state index in [2.05, 4.69) is 36.4 Å². The predicted molar refractivity (Wildman–Crippen MR) is 84.9 cm³/mol. The van der Waals surface area contributed by atoms with Gasteiger partial charge in [-0.3, -0.25) is 4.79 Å². The van der Waals surface area contributed by atoms with Crippen molar-refractivity contribution >= 4 is 5.91 Å². The Hall–Kier alpha value is -0.610. The zero-order valence-corrected chi connectivity index (χ0v) is 13.6. The molecule has 1 atom stereocenters. The van der Waals surface area contributed by atoms with Gasteiger partial charge in [0.25, 0.3) is 0 Å². The van der Waals surface area contributed by atoms with E-state index in [0.717, 1.165) is 32.0 Å².